The molecular formula is C13H27N5O. The lowest BCUT2D eigenvalue weighted by molar-refractivity contribution is 0.206. The Kier molecular flexibility index (Phi) is 5.90. The van der Waals surface area contributed by atoms with Crippen LogP contribution < -0.4 is 5.73 Å². The molecule has 0 saturated carbocycles. The van der Waals surface area contributed by atoms with Crippen LogP contribution in [0.2, 0.25) is 0 Å². The molecule has 0 aliphatic rings. The predicted octanol–water partition coefficient (Wildman–Crippen LogP) is 1.04. The molecule has 0 aliphatic carbocycles. The molecule has 0 aromatic carbocycles. The van der Waals surface area contributed by atoms with Crippen LogP contribution in [0.3, 0.4) is 0 Å². The average Bonchev–Trinajstić information content (AvgIpc) is 2.74. The minimum absolute atomic E-state index is 0.555. The van der Waals surface area contributed by atoms with Gasteiger partial charge in [-0.15, -0.1) is 0 Å². The van der Waals surface area contributed by atoms with E-state index in [0.717, 1.165) is 26.1 Å². The fourth-order valence-corrected chi connectivity index (χ4v) is 1.70. The number of rotatable bonds is 8. The van der Waals surface area contributed by atoms with Gasteiger partial charge in [0.25, 0.3) is 0 Å². The van der Waals surface area contributed by atoms with Gasteiger partial charge in [0.05, 0.1) is 12.1 Å². The second-order valence-corrected chi connectivity index (χ2v) is 5.81. The maximum absolute atomic E-state index is 5.95. The predicted molar refractivity (Wildman–Crippen MR) is 75.6 cm³/mol. The first kappa shape index (κ1) is 16.1. The van der Waals surface area contributed by atoms with Crippen molar-refractivity contribution in [3.63, 3.8) is 0 Å². The van der Waals surface area contributed by atoms with Crippen molar-refractivity contribution in [2.45, 2.75) is 39.3 Å². The fourth-order valence-electron chi connectivity index (χ4n) is 1.70. The largest absolute Gasteiger partial charge is 0.338 e. The maximum atomic E-state index is 5.95. The Morgan fingerprint density at radius 1 is 1.21 bits per heavy atom. The Balaban J connectivity index is 2.60. The summed E-state index contributed by atoms with van der Waals surface area (Å²) in [7, 11) is 4.15. The van der Waals surface area contributed by atoms with Gasteiger partial charge in [-0.1, -0.05) is 12.1 Å². The minimum Gasteiger partial charge on any atom is -0.338 e. The number of nitrogens with two attached hydrogens (primary N) is 1. The van der Waals surface area contributed by atoms with E-state index in [-0.39, 0.29) is 0 Å². The molecular weight excluding hydrogens is 242 g/mol. The molecule has 6 heteroatoms. The molecule has 0 atom stereocenters. The molecule has 1 rings (SSSR count). The summed E-state index contributed by atoms with van der Waals surface area (Å²) in [5, 5.41) is 3.95. The topological polar surface area (TPSA) is 71.4 Å². The molecule has 0 fully saturated rings. The van der Waals surface area contributed by atoms with Gasteiger partial charge in [0.1, 0.15) is 0 Å². The highest BCUT2D eigenvalue weighted by molar-refractivity contribution is 4.98. The van der Waals surface area contributed by atoms with Crippen LogP contribution in [0, 0.1) is 0 Å². The lowest BCUT2D eigenvalue weighted by Crippen LogP contribution is -2.32. The normalized spacial score (nSPS) is 12.6. The van der Waals surface area contributed by atoms with E-state index >= 15 is 0 Å². The molecule has 0 saturated heterocycles. The monoisotopic (exact) mass is 269 g/mol. The van der Waals surface area contributed by atoms with E-state index in [2.05, 4.69) is 41.0 Å². The Labute approximate surface area is 115 Å². The summed E-state index contributed by atoms with van der Waals surface area (Å²) >= 11 is 0. The minimum atomic E-state index is -0.555. The third kappa shape index (κ3) is 5.67. The van der Waals surface area contributed by atoms with Gasteiger partial charge in [-0.3, -0.25) is 4.90 Å². The molecule has 110 valence electrons. The zero-order chi connectivity index (χ0) is 14.5. The summed E-state index contributed by atoms with van der Waals surface area (Å²) in [4.78, 5) is 8.86. The molecule has 1 heterocycles. The summed E-state index contributed by atoms with van der Waals surface area (Å²) in [6, 6.07) is 0. The van der Waals surface area contributed by atoms with E-state index in [1.54, 1.807) is 0 Å². The van der Waals surface area contributed by atoms with Crippen molar-refractivity contribution < 1.29 is 4.52 Å². The molecule has 0 bridgehead atoms. The molecule has 0 spiro atoms. The first-order valence-corrected chi connectivity index (χ1v) is 6.82. The Morgan fingerprint density at radius 3 is 2.37 bits per heavy atom. The third-order valence-corrected chi connectivity index (χ3v) is 2.81. The van der Waals surface area contributed by atoms with E-state index in [1.807, 2.05) is 13.8 Å². The first-order chi connectivity index (χ1) is 8.82. The Bertz CT molecular complexity index is 369. The number of aromatic nitrogens is 2. The van der Waals surface area contributed by atoms with Gasteiger partial charge in [-0.25, -0.2) is 0 Å². The smallest absolute Gasteiger partial charge is 0.240 e. The molecule has 19 heavy (non-hydrogen) atoms. The van der Waals surface area contributed by atoms with Gasteiger partial charge in [0.2, 0.25) is 5.89 Å². The van der Waals surface area contributed by atoms with Crippen LogP contribution in [0.15, 0.2) is 4.52 Å². The van der Waals surface area contributed by atoms with Crippen molar-refractivity contribution in [3.8, 4) is 0 Å². The van der Waals surface area contributed by atoms with Crippen LogP contribution >= 0.6 is 0 Å². The molecule has 2 N–H and O–H groups in total. The van der Waals surface area contributed by atoms with E-state index in [9.17, 15) is 0 Å². The maximum Gasteiger partial charge on any atom is 0.240 e. The van der Waals surface area contributed by atoms with Crippen LogP contribution in [-0.4, -0.2) is 53.7 Å². The number of hydrogen-bond donors (Lipinski definition) is 1. The van der Waals surface area contributed by atoms with E-state index in [0.29, 0.717) is 18.3 Å². The van der Waals surface area contributed by atoms with Crippen molar-refractivity contribution in [3.05, 3.63) is 11.7 Å². The second kappa shape index (κ2) is 6.98. The van der Waals surface area contributed by atoms with Crippen molar-refractivity contribution in [2.24, 2.45) is 5.73 Å². The quantitative estimate of drug-likeness (QED) is 0.760. The van der Waals surface area contributed by atoms with Gasteiger partial charge in [0.15, 0.2) is 5.82 Å². The van der Waals surface area contributed by atoms with Crippen molar-refractivity contribution in [2.75, 3.05) is 33.7 Å². The van der Waals surface area contributed by atoms with Crippen LogP contribution in [-0.2, 0) is 12.1 Å². The molecule has 6 nitrogen and oxygen atoms in total. The van der Waals surface area contributed by atoms with Crippen LogP contribution in [0.4, 0.5) is 0 Å². The molecule has 1 aromatic rings. The summed E-state index contributed by atoms with van der Waals surface area (Å²) < 4.78 is 5.28. The van der Waals surface area contributed by atoms with Gasteiger partial charge in [0, 0.05) is 13.1 Å². The molecule has 0 amide bonds. The van der Waals surface area contributed by atoms with Gasteiger partial charge >= 0.3 is 0 Å². The highest BCUT2D eigenvalue weighted by Gasteiger charge is 2.22. The highest BCUT2D eigenvalue weighted by atomic mass is 16.5. The SMILES string of the molecule is CCCN(CCN(C)C)Cc1nc(C(C)(C)N)no1. The zero-order valence-electron chi connectivity index (χ0n) is 12.8. The van der Waals surface area contributed by atoms with Gasteiger partial charge in [-0.2, -0.15) is 4.98 Å². The lowest BCUT2D eigenvalue weighted by atomic mass is 10.1. The number of likely N-dealkylation sites (N-methyl/N-ethyl adjacent to an activating group) is 1. The van der Waals surface area contributed by atoms with E-state index in [4.69, 9.17) is 10.3 Å². The second-order valence-electron chi connectivity index (χ2n) is 5.81. The molecule has 0 aliphatic heterocycles. The van der Waals surface area contributed by atoms with Crippen molar-refractivity contribution in [1.82, 2.24) is 19.9 Å². The van der Waals surface area contributed by atoms with E-state index < -0.39 is 5.54 Å². The lowest BCUT2D eigenvalue weighted by Gasteiger charge is -2.21. The molecule has 0 radical (unpaired) electrons. The molecule has 0 unspecified atom stereocenters. The van der Waals surface area contributed by atoms with Crippen molar-refractivity contribution >= 4 is 0 Å². The van der Waals surface area contributed by atoms with Crippen LogP contribution in [0.5, 0.6) is 0 Å². The fraction of sp³-hybridized carbons (Fsp3) is 0.846. The van der Waals surface area contributed by atoms with Crippen LogP contribution in [0.1, 0.15) is 38.9 Å². The summed E-state index contributed by atoms with van der Waals surface area (Å²) in [5.74, 6) is 1.20. The zero-order valence-corrected chi connectivity index (χ0v) is 12.8. The average molecular weight is 269 g/mol. The summed E-state index contributed by atoms with van der Waals surface area (Å²) in [6.07, 6.45) is 1.11. The Hall–Kier alpha value is -0.980. The summed E-state index contributed by atoms with van der Waals surface area (Å²) in [5.41, 5.74) is 5.40. The van der Waals surface area contributed by atoms with Crippen molar-refractivity contribution in [1.29, 1.82) is 0 Å². The standard InChI is InChI=1S/C13H27N5O/c1-6-7-18(9-8-17(4)5)10-11-15-12(16-19-11)13(2,3)14/h6-10,14H2,1-5H3. The van der Waals surface area contributed by atoms with Gasteiger partial charge < -0.3 is 15.2 Å². The third-order valence-electron chi connectivity index (χ3n) is 2.81. The first-order valence-electron chi connectivity index (χ1n) is 6.82. The highest BCUT2D eigenvalue weighted by Crippen LogP contribution is 2.13. The number of hydrogen-bond acceptors (Lipinski definition) is 6. The molecule has 1 aromatic heterocycles. The summed E-state index contributed by atoms with van der Waals surface area (Å²) in [6.45, 7) is 9.64. The number of nitrogens with zero attached hydrogens (tertiary/aromatic N) is 4. The van der Waals surface area contributed by atoms with Gasteiger partial charge in [-0.05, 0) is 40.9 Å². The Morgan fingerprint density at radius 2 is 1.89 bits per heavy atom. The van der Waals surface area contributed by atoms with E-state index in [1.165, 1.54) is 0 Å². The van der Waals surface area contributed by atoms with Crippen LogP contribution in [0.25, 0.3) is 0 Å².